The summed E-state index contributed by atoms with van der Waals surface area (Å²) in [4.78, 5) is 14.3. The SMILES string of the molecule is Cc1cc(CNC(=O)NC[C@@H]2CN(C)C[C@H]2c2ccccc2)no1. The summed E-state index contributed by atoms with van der Waals surface area (Å²) >= 11 is 0. The van der Waals surface area contributed by atoms with Crippen molar-refractivity contribution in [3.05, 3.63) is 53.4 Å². The molecule has 0 unspecified atom stereocenters. The molecule has 0 radical (unpaired) electrons. The van der Waals surface area contributed by atoms with Gasteiger partial charge in [0, 0.05) is 31.6 Å². The number of rotatable bonds is 5. The van der Waals surface area contributed by atoms with Gasteiger partial charge in [0.25, 0.3) is 0 Å². The molecule has 24 heavy (non-hydrogen) atoms. The number of urea groups is 1. The van der Waals surface area contributed by atoms with E-state index in [9.17, 15) is 4.79 Å². The third-order valence-electron chi connectivity index (χ3n) is 4.48. The van der Waals surface area contributed by atoms with Crippen LogP contribution in [-0.4, -0.2) is 42.8 Å². The summed E-state index contributed by atoms with van der Waals surface area (Å²) in [5.41, 5.74) is 2.07. The number of benzene rings is 1. The van der Waals surface area contributed by atoms with Gasteiger partial charge in [-0.15, -0.1) is 0 Å². The average Bonchev–Trinajstić information content (AvgIpc) is 3.17. The fourth-order valence-electron chi connectivity index (χ4n) is 3.33. The van der Waals surface area contributed by atoms with Crippen molar-refractivity contribution in [3.63, 3.8) is 0 Å². The van der Waals surface area contributed by atoms with Crippen molar-refractivity contribution < 1.29 is 9.32 Å². The van der Waals surface area contributed by atoms with E-state index in [0.29, 0.717) is 24.9 Å². The molecule has 1 aliphatic heterocycles. The highest BCUT2D eigenvalue weighted by Crippen LogP contribution is 2.31. The van der Waals surface area contributed by atoms with Gasteiger partial charge >= 0.3 is 6.03 Å². The predicted octanol–water partition coefficient (Wildman–Crippen LogP) is 2.13. The lowest BCUT2D eigenvalue weighted by Crippen LogP contribution is -2.39. The van der Waals surface area contributed by atoms with Crippen molar-refractivity contribution in [2.75, 3.05) is 26.7 Å². The molecule has 2 N–H and O–H groups in total. The van der Waals surface area contributed by atoms with Crippen LogP contribution in [-0.2, 0) is 6.54 Å². The van der Waals surface area contributed by atoms with Gasteiger partial charge in [-0.2, -0.15) is 0 Å². The van der Waals surface area contributed by atoms with Crippen LogP contribution in [0.25, 0.3) is 0 Å². The highest BCUT2D eigenvalue weighted by Gasteiger charge is 2.31. The standard InChI is InChI=1S/C18H24N4O2/c1-13-8-16(21-24-13)10-20-18(23)19-9-15-11-22(2)12-17(15)14-6-4-3-5-7-14/h3-8,15,17H,9-12H2,1-2H3,(H2,19,20,23)/t15-,17+/m1/s1. The number of aryl methyl sites for hydroxylation is 1. The van der Waals surface area contributed by atoms with E-state index in [1.165, 1.54) is 5.56 Å². The molecule has 1 saturated heterocycles. The number of carbonyl (C=O) groups excluding carboxylic acids is 1. The highest BCUT2D eigenvalue weighted by atomic mass is 16.5. The van der Waals surface area contributed by atoms with Gasteiger partial charge in [-0.05, 0) is 25.5 Å². The van der Waals surface area contributed by atoms with Crippen molar-refractivity contribution in [2.45, 2.75) is 19.4 Å². The molecule has 3 rings (SSSR count). The summed E-state index contributed by atoms with van der Waals surface area (Å²) in [6, 6.07) is 12.2. The Hall–Kier alpha value is -2.34. The maximum Gasteiger partial charge on any atom is 0.315 e. The van der Waals surface area contributed by atoms with Gasteiger partial charge < -0.3 is 20.1 Å². The van der Waals surface area contributed by atoms with E-state index >= 15 is 0 Å². The first-order valence-electron chi connectivity index (χ1n) is 8.29. The van der Waals surface area contributed by atoms with E-state index in [1.807, 2.05) is 19.1 Å². The minimum atomic E-state index is -0.169. The topological polar surface area (TPSA) is 70.4 Å². The summed E-state index contributed by atoms with van der Waals surface area (Å²) in [7, 11) is 2.13. The van der Waals surface area contributed by atoms with Crippen LogP contribution in [0.15, 0.2) is 40.9 Å². The fourth-order valence-corrected chi connectivity index (χ4v) is 3.33. The van der Waals surface area contributed by atoms with Gasteiger partial charge in [-0.25, -0.2) is 4.79 Å². The van der Waals surface area contributed by atoms with Crippen molar-refractivity contribution >= 4 is 6.03 Å². The third kappa shape index (κ3) is 4.14. The lowest BCUT2D eigenvalue weighted by atomic mass is 9.89. The molecule has 1 aromatic heterocycles. The number of likely N-dealkylation sites (tertiary alicyclic amines) is 1. The molecule has 6 nitrogen and oxygen atoms in total. The second-order valence-corrected chi connectivity index (χ2v) is 6.49. The van der Waals surface area contributed by atoms with Gasteiger partial charge in [-0.1, -0.05) is 35.5 Å². The van der Waals surface area contributed by atoms with Gasteiger partial charge in [0.05, 0.1) is 6.54 Å². The largest absolute Gasteiger partial charge is 0.361 e. The van der Waals surface area contributed by atoms with Gasteiger partial charge in [0.1, 0.15) is 11.5 Å². The van der Waals surface area contributed by atoms with Crippen LogP contribution in [0.5, 0.6) is 0 Å². The molecule has 2 aromatic rings. The second-order valence-electron chi connectivity index (χ2n) is 6.49. The zero-order chi connectivity index (χ0) is 16.9. The molecule has 0 saturated carbocycles. The van der Waals surface area contributed by atoms with Crippen LogP contribution < -0.4 is 10.6 Å². The van der Waals surface area contributed by atoms with Crippen molar-refractivity contribution in [2.24, 2.45) is 5.92 Å². The molecule has 0 bridgehead atoms. The predicted molar refractivity (Wildman–Crippen MR) is 91.6 cm³/mol. The number of nitrogens with one attached hydrogen (secondary N) is 2. The summed E-state index contributed by atoms with van der Waals surface area (Å²) < 4.78 is 4.99. The lowest BCUT2D eigenvalue weighted by Gasteiger charge is -2.19. The Morgan fingerprint density at radius 3 is 2.79 bits per heavy atom. The maximum atomic E-state index is 12.0. The van der Waals surface area contributed by atoms with Gasteiger partial charge in [-0.3, -0.25) is 0 Å². The Labute approximate surface area is 142 Å². The van der Waals surface area contributed by atoms with E-state index < -0.39 is 0 Å². The molecule has 2 atom stereocenters. The Morgan fingerprint density at radius 1 is 1.29 bits per heavy atom. The lowest BCUT2D eigenvalue weighted by molar-refractivity contribution is 0.237. The quantitative estimate of drug-likeness (QED) is 0.882. The monoisotopic (exact) mass is 328 g/mol. The molecular formula is C18H24N4O2. The molecule has 1 aromatic carbocycles. The molecular weight excluding hydrogens is 304 g/mol. The summed E-state index contributed by atoms with van der Waals surface area (Å²) in [6.45, 7) is 4.87. The Bertz CT molecular complexity index is 671. The Morgan fingerprint density at radius 2 is 2.08 bits per heavy atom. The molecule has 128 valence electrons. The smallest absolute Gasteiger partial charge is 0.315 e. The molecule has 1 aliphatic rings. The van der Waals surface area contributed by atoms with E-state index in [0.717, 1.165) is 24.5 Å². The van der Waals surface area contributed by atoms with Crippen molar-refractivity contribution in [1.29, 1.82) is 0 Å². The first kappa shape index (κ1) is 16.5. The fraction of sp³-hybridized carbons (Fsp3) is 0.444. The number of hydrogen-bond donors (Lipinski definition) is 2. The number of nitrogens with zero attached hydrogens (tertiary/aromatic N) is 2. The molecule has 2 amide bonds. The second kappa shape index (κ2) is 7.49. The maximum absolute atomic E-state index is 12.0. The summed E-state index contributed by atoms with van der Waals surface area (Å²) in [6.07, 6.45) is 0. The molecule has 0 spiro atoms. The summed E-state index contributed by atoms with van der Waals surface area (Å²) in [5, 5.41) is 9.67. The first-order chi connectivity index (χ1) is 11.6. The number of amides is 2. The van der Waals surface area contributed by atoms with Crippen LogP contribution in [0.2, 0.25) is 0 Å². The van der Waals surface area contributed by atoms with E-state index in [2.05, 4.69) is 52.0 Å². The summed E-state index contributed by atoms with van der Waals surface area (Å²) in [5.74, 6) is 1.61. The highest BCUT2D eigenvalue weighted by molar-refractivity contribution is 5.73. The number of aromatic nitrogens is 1. The third-order valence-corrected chi connectivity index (χ3v) is 4.48. The molecule has 6 heteroatoms. The van der Waals surface area contributed by atoms with Crippen LogP contribution in [0.4, 0.5) is 4.79 Å². The first-order valence-corrected chi connectivity index (χ1v) is 8.29. The zero-order valence-corrected chi connectivity index (χ0v) is 14.2. The molecule has 1 fully saturated rings. The van der Waals surface area contributed by atoms with Gasteiger partial charge in [0.2, 0.25) is 0 Å². The number of carbonyl (C=O) groups is 1. The average molecular weight is 328 g/mol. The molecule has 0 aliphatic carbocycles. The van der Waals surface area contributed by atoms with Crippen molar-refractivity contribution in [1.82, 2.24) is 20.7 Å². The number of likely N-dealkylation sites (N-methyl/N-ethyl adjacent to an activating group) is 1. The van der Waals surface area contributed by atoms with E-state index in [-0.39, 0.29) is 6.03 Å². The van der Waals surface area contributed by atoms with Gasteiger partial charge in [0.15, 0.2) is 0 Å². The van der Waals surface area contributed by atoms with Crippen molar-refractivity contribution in [3.8, 4) is 0 Å². The van der Waals surface area contributed by atoms with Crippen LogP contribution >= 0.6 is 0 Å². The number of hydrogen-bond acceptors (Lipinski definition) is 4. The Balaban J connectivity index is 1.50. The Kier molecular flexibility index (Phi) is 5.15. The zero-order valence-electron chi connectivity index (χ0n) is 14.2. The minimum Gasteiger partial charge on any atom is -0.361 e. The normalized spacial score (nSPS) is 20.9. The molecule has 2 heterocycles. The van der Waals surface area contributed by atoms with E-state index in [1.54, 1.807) is 0 Å². The van der Waals surface area contributed by atoms with E-state index in [4.69, 9.17) is 4.52 Å². The van der Waals surface area contributed by atoms with Crippen LogP contribution in [0.3, 0.4) is 0 Å². The van der Waals surface area contributed by atoms with Crippen LogP contribution in [0, 0.1) is 12.8 Å². The minimum absolute atomic E-state index is 0.169. The van der Waals surface area contributed by atoms with Crippen LogP contribution in [0.1, 0.15) is 22.9 Å².